The van der Waals surface area contributed by atoms with Gasteiger partial charge in [-0.25, -0.2) is 0 Å². The Bertz CT molecular complexity index is 357. The molecule has 0 saturated heterocycles. The van der Waals surface area contributed by atoms with E-state index in [4.69, 9.17) is 4.42 Å². The van der Waals surface area contributed by atoms with Gasteiger partial charge in [0.15, 0.2) is 5.96 Å². The molecule has 108 valence electrons. The van der Waals surface area contributed by atoms with Crippen molar-refractivity contribution in [2.24, 2.45) is 10.9 Å². The van der Waals surface area contributed by atoms with Gasteiger partial charge in [0.1, 0.15) is 5.76 Å². The van der Waals surface area contributed by atoms with Crippen LogP contribution in [-0.4, -0.2) is 25.1 Å². The SMILES string of the molecule is CCCN=C(NCCc1ccco1)NC(C)C(C)C. The molecule has 1 aromatic heterocycles. The molecule has 1 aromatic rings. The summed E-state index contributed by atoms with van der Waals surface area (Å²) < 4.78 is 5.32. The van der Waals surface area contributed by atoms with Crippen LogP contribution in [0.15, 0.2) is 27.8 Å². The molecule has 0 radical (unpaired) electrons. The van der Waals surface area contributed by atoms with Crippen LogP contribution in [0, 0.1) is 5.92 Å². The van der Waals surface area contributed by atoms with Crippen LogP contribution in [0.4, 0.5) is 0 Å². The van der Waals surface area contributed by atoms with E-state index in [0.29, 0.717) is 12.0 Å². The molecular formula is C15H27N3O. The molecule has 19 heavy (non-hydrogen) atoms. The average Bonchev–Trinajstić information content (AvgIpc) is 2.88. The lowest BCUT2D eigenvalue weighted by Crippen LogP contribution is -2.45. The van der Waals surface area contributed by atoms with E-state index < -0.39 is 0 Å². The smallest absolute Gasteiger partial charge is 0.191 e. The molecule has 0 aliphatic heterocycles. The second kappa shape index (κ2) is 8.62. The maximum atomic E-state index is 5.32. The first-order chi connectivity index (χ1) is 9.13. The van der Waals surface area contributed by atoms with Crippen LogP contribution in [0.3, 0.4) is 0 Å². The van der Waals surface area contributed by atoms with Crippen LogP contribution >= 0.6 is 0 Å². The molecule has 1 atom stereocenters. The fourth-order valence-electron chi connectivity index (χ4n) is 1.52. The first kappa shape index (κ1) is 15.6. The summed E-state index contributed by atoms with van der Waals surface area (Å²) in [5.41, 5.74) is 0. The lowest BCUT2D eigenvalue weighted by atomic mass is 10.1. The molecule has 4 nitrogen and oxygen atoms in total. The van der Waals surface area contributed by atoms with Crippen molar-refractivity contribution in [1.82, 2.24) is 10.6 Å². The van der Waals surface area contributed by atoms with Crippen molar-refractivity contribution in [1.29, 1.82) is 0 Å². The highest BCUT2D eigenvalue weighted by Crippen LogP contribution is 2.01. The van der Waals surface area contributed by atoms with Gasteiger partial charge < -0.3 is 15.1 Å². The highest BCUT2D eigenvalue weighted by molar-refractivity contribution is 5.80. The monoisotopic (exact) mass is 265 g/mol. The minimum Gasteiger partial charge on any atom is -0.469 e. The fraction of sp³-hybridized carbons (Fsp3) is 0.667. The molecule has 1 unspecified atom stereocenters. The molecule has 0 aliphatic rings. The Morgan fingerprint density at radius 2 is 2.16 bits per heavy atom. The zero-order valence-corrected chi connectivity index (χ0v) is 12.6. The van der Waals surface area contributed by atoms with Gasteiger partial charge >= 0.3 is 0 Å². The second-order valence-electron chi connectivity index (χ2n) is 5.16. The summed E-state index contributed by atoms with van der Waals surface area (Å²) in [4.78, 5) is 4.55. The van der Waals surface area contributed by atoms with Crippen molar-refractivity contribution >= 4 is 5.96 Å². The van der Waals surface area contributed by atoms with Gasteiger partial charge in [0.05, 0.1) is 6.26 Å². The van der Waals surface area contributed by atoms with Crippen LogP contribution in [0.1, 0.15) is 39.9 Å². The number of hydrogen-bond acceptors (Lipinski definition) is 2. The Labute approximate surface area is 116 Å². The number of aliphatic imine (C=N–C) groups is 1. The molecule has 0 spiro atoms. The number of nitrogens with one attached hydrogen (secondary N) is 2. The minimum atomic E-state index is 0.409. The number of rotatable bonds is 7. The Balaban J connectivity index is 2.40. The quantitative estimate of drug-likeness (QED) is 0.589. The molecule has 2 N–H and O–H groups in total. The van der Waals surface area contributed by atoms with E-state index in [1.807, 2.05) is 12.1 Å². The van der Waals surface area contributed by atoms with Gasteiger partial charge in [-0.05, 0) is 31.4 Å². The highest BCUT2D eigenvalue weighted by Gasteiger charge is 2.09. The zero-order chi connectivity index (χ0) is 14.1. The van der Waals surface area contributed by atoms with E-state index in [0.717, 1.165) is 37.7 Å². The second-order valence-corrected chi connectivity index (χ2v) is 5.16. The molecule has 1 rings (SSSR count). The first-order valence-corrected chi connectivity index (χ1v) is 7.20. The summed E-state index contributed by atoms with van der Waals surface area (Å²) in [7, 11) is 0. The molecule has 4 heteroatoms. The number of nitrogens with zero attached hydrogens (tertiary/aromatic N) is 1. The Kier molecular flexibility index (Phi) is 7.08. The van der Waals surface area contributed by atoms with Crippen LogP contribution in [0.5, 0.6) is 0 Å². The number of furan rings is 1. The predicted octanol–water partition coefficient (Wildman–Crippen LogP) is 2.81. The topological polar surface area (TPSA) is 49.6 Å². The van der Waals surface area contributed by atoms with E-state index in [1.54, 1.807) is 6.26 Å². The minimum absolute atomic E-state index is 0.409. The summed E-state index contributed by atoms with van der Waals surface area (Å²) in [5, 5.41) is 6.80. The van der Waals surface area contributed by atoms with Gasteiger partial charge in [-0.3, -0.25) is 4.99 Å². The van der Waals surface area contributed by atoms with Gasteiger partial charge in [0, 0.05) is 25.6 Å². The van der Waals surface area contributed by atoms with Gasteiger partial charge in [-0.15, -0.1) is 0 Å². The van der Waals surface area contributed by atoms with E-state index in [1.165, 1.54) is 0 Å². The van der Waals surface area contributed by atoms with E-state index in [2.05, 4.69) is 43.3 Å². The largest absolute Gasteiger partial charge is 0.469 e. The van der Waals surface area contributed by atoms with E-state index in [-0.39, 0.29) is 0 Å². The Morgan fingerprint density at radius 1 is 1.37 bits per heavy atom. The molecule has 0 bridgehead atoms. The van der Waals surface area contributed by atoms with Crippen LogP contribution in [-0.2, 0) is 6.42 Å². The zero-order valence-electron chi connectivity index (χ0n) is 12.6. The molecule has 0 fully saturated rings. The van der Waals surface area contributed by atoms with Crippen molar-refractivity contribution in [2.45, 2.75) is 46.6 Å². The third-order valence-electron chi connectivity index (χ3n) is 3.10. The molecular weight excluding hydrogens is 238 g/mol. The summed E-state index contributed by atoms with van der Waals surface area (Å²) in [6.07, 6.45) is 3.64. The van der Waals surface area contributed by atoms with E-state index in [9.17, 15) is 0 Å². The normalized spacial score (nSPS) is 13.6. The molecule has 0 amide bonds. The predicted molar refractivity (Wildman–Crippen MR) is 80.4 cm³/mol. The third kappa shape index (κ3) is 6.32. The molecule has 0 aromatic carbocycles. The van der Waals surface area contributed by atoms with Crippen molar-refractivity contribution in [2.75, 3.05) is 13.1 Å². The Morgan fingerprint density at radius 3 is 2.74 bits per heavy atom. The van der Waals surface area contributed by atoms with Crippen molar-refractivity contribution < 1.29 is 4.42 Å². The van der Waals surface area contributed by atoms with Crippen molar-refractivity contribution in [3.63, 3.8) is 0 Å². The van der Waals surface area contributed by atoms with Gasteiger partial charge in [-0.1, -0.05) is 20.8 Å². The number of hydrogen-bond donors (Lipinski definition) is 2. The van der Waals surface area contributed by atoms with Gasteiger partial charge in [0.25, 0.3) is 0 Å². The van der Waals surface area contributed by atoms with Crippen LogP contribution < -0.4 is 10.6 Å². The molecule has 0 aliphatic carbocycles. The maximum Gasteiger partial charge on any atom is 0.191 e. The standard InChI is InChI=1S/C15H27N3O/c1-5-9-16-15(18-13(4)12(2)3)17-10-8-14-7-6-11-19-14/h6-7,11-13H,5,8-10H2,1-4H3,(H2,16,17,18). The van der Waals surface area contributed by atoms with E-state index >= 15 is 0 Å². The summed E-state index contributed by atoms with van der Waals surface area (Å²) >= 11 is 0. The molecule has 0 saturated carbocycles. The van der Waals surface area contributed by atoms with Crippen LogP contribution in [0.25, 0.3) is 0 Å². The molecule has 1 heterocycles. The average molecular weight is 265 g/mol. The summed E-state index contributed by atoms with van der Waals surface area (Å²) in [5.74, 6) is 2.48. The van der Waals surface area contributed by atoms with Gasteiger partial charge in [0.2, 0.25) is 0 Å². The van der Waals surface area contributed by atoms with Gasteiger partial charge in [-0.2, -0.15) is 0 Å². The fourth-order valence-corrected chi connectivity index (χ4v) is 1.52. The van der Waals surface area contributed by atoms with Crippen LogP contribution in [0.2, 0.25) is 0 Å². The lowest BCUT2D eigenvalue weighted by Gasteiger charge is -2.21. The highest BCUT2D eigenvalue weighted by atomic mass is 16.3. The van der Waals surface area contributed by atoms with Crippen molar-refractivity contribution in [3.8, 4) is 0 Å². The summed E-state index contributed by atoms with van der Waals surface area (Å²) in [6.45, 7) is 10.4. The summed E-state index contributed by atoms with van der Waals surface area (Å²) in [6, 6.07) is 4.32. The lowest BCUT2D eigenvalue weighted by molar-refractivity contribution is 0.477. The Hall–Kier alpha value is -1.45. The first-order valence-electron chi connectivity index (χ1n) is 7.20. The van der Waals surface area contributed by atoms with Crippen molar-refractivity contribution in [3.05, 3.63) is 24.2 Å². The maximum absolute atomic E-state index is 5.32. The third-order valence-corrected chi connectivity index (χ3v) is 3.10. The number of guanidine groups is 1.